The summed E-state index contributed by atoms with van der Waals surface area (Å²) in [5, 5.41) is 17.6. The molecule has 0 saturated carbocycles. The molecule has 0 aliphatic rings. The van der Waals surface area contributed by atoms with E-state index in [4.69, 9.17) is 21.6 Å². The van der Waals surface area contributed by atoms with E-state index in [2.05, 4.69) is 313 Å². The average Bonchev–Trinajstić information content (AvgIpc) is 1.55. The number of benzene rings is 15. The maximum absolute atomic E-state index is 5.95. The van der Waals surface area contributed by atoms with Crippen molar-refractivity contribution in [2.24, 2.45) is 0 Å². The summed E-state index contributed by atoms with van der Waals surface area (Å²) in [6.45, 7) is 0. The van der Waals surface area contributed by atoms with Crippen LogP contribution in [0.2, 0.25) is 5.28 Å². The molecule has 0 fully saturated rings. The SMILES string of the molecule is C.Clc1nc(-c2ccccc2)c2ccccc2n1.[H-].[Na+].c1ccc(-c2ccc(-c3nc(-n4c5ccccc5c5cc(-c6cc7c8ccccc8n8c9ccccc9c(c6)c78)ccc54)nc4ccccc34)cc2)cc1.c1ccc2c(c1)[nH]c1ccc(-c3cc4c5ccccc5n5c6ccccc6c(c3)c45)cc12. The van der Waals surface area contributed by atoms with E-state index in [1.165, 1.54) is 142 Å². The molecule has 0 aliphatic heterocycles. The fourth-order valence-corrected chi connectivity index (χ4v) is 16.5. The molecule has 23 aromatic rings. The molecule has 0 amide bonds. The number of nitrogens with one attached hydrogen (secondary N) is 1. The minimum Gasteiger partial charge on any atom is -1.00 e. The largest absolute Gasteiger partial charge is 1.00 e. The fourth-order valence-electron chi connectivity index (χ4n) is 16.3. The van der Waals surface area contributed by atoms with Crippen molar-refractivity contribution in [2.45, 2.75) is 7.43 Å². The van der Waals surface area contributed by atoms with Gasteiger partial charge < -0.3 is 15.2 Å². The minimum absolute atomic E-state index is 0. The van der Waals surface area contributed by atoms with Gasteiger partial charge in [-0.15, -0.1) is 0 Å². The van der Waals surface area contributed by atoms with E-state index in [0.29, 0.717) is 5.95 Å². The summed E-state index contributed by atoms with van der Waals surface area (Å²) in [5.74, 6) is 0.661. The molecule has 8 aromatic heterocycles. The first-order valence-electron chi connectivity index (χ1n) is 34.8. The molecule has 0 spiro atoms. The van der Waals surface area contributed by atoms with E-state index < -0.39 is 0 Å². The van der Waals surface area contributed by atoms with Crippen LogP contribution in [0.4, 0.5) is 0 Å². The van der Waals surface area contributed by atoms with Gasteiger partial charge in [0.15, 0.2) is 0 Å². The molecule has 1 N–H and O–H groups in total. The van der Waals surface area contributed by atoms with Crippen molar-refractivity contribution in [3.8, 4) is 61.8 Å². The summed E-state index contributed by atoms with van der Waals surface area (Å²) in [5.41, 5.74) is 25.2. The standard InChI is InChI=1S/C50H30N4.C30H18N2.C14H9ClN2.CH4.Na.H/c1-2-12-31(13-3-1)32-22-24-33(25-23-32)48-39-17-4-8-18-43(39)51-50(52-48)54-46-21-11-5-14-36(46)40-28-34(26-27-47(40)54)35-29-41-37-15-6-9-19-44(37)53-45-20-10-7-16-38(45)42(30-35)49(41)53;1-4-10-26-20(7-1)23-15-18(13-14-27(23)31-26)19-16-24-21-8-2-5-11-28(21)32-29-12-6-3-9-22(29)25(17-19)30(24)32;15-14-16-12-9-5-4-8-11(12)13(17-14)10-6-2-1-3-7-10;;;/h1-30H;1-17,31H;1-9H;1H4;;/q;;;;+1;-1. The van der Waals surface area contributed by atoms with Gasteiger partial charge in [-0.3, -0.25) is 4.57 Å². The van der Waals surface area contributed by atoms with Crippen LogP contribution in [0, 0.1) is 0 Å². The van der Waals surface area contributed by atoms with E-state index in [1.54, 1.807) is 0 Å². The number of aromatic nitrogens is 8. The van der Waals surface area contributed by atoms with Crippen molar-refractivity contribution in [1.29, 1.82) is 0 Å². The van der Waals surface area contributed by atoms with Crippen LogP contribution in [-0.4, -0.2) is 38.3 Å². The molecule has 105 heavy (non-hydrogen) atoms. The number of para-hydroxylation sites is 8. The second-order valence-corrected chi connectivity index (χ2v) is 27.0. The summed E-state index contributed by atoms with van der Waals surface area (Å²) < 4.78 is 7.10. The molecule has 0 radical (unpaired) electrons. The zero-order chi connectivity index (χ0) is 67.8. The molecule has 0 saturated heterocycles. The Morgan fingerprint density at radius 1 is 0.248 bits per heavy atom. The third-order valence-electron chi connectivity index (χ3n) is 20.9. The minimum atomic E-state index is 0. The Hall–Kier alpha value is -12.5. The summed E-state index contributed by atoms with van der Waals surface area (Å²) in [6.07, 6.45) is 0. The second kappa shape index (κ2) is 25.5. The summed E-state index contributed by atoms with van der Waals surface area (Å²) >= 11 is 5.95. The van der Waals surface area contributed by atoms with Crippen molar-refractivity contribution >= 4 is 153 Å². The zero-order valence-corrected chi connectivity index (χ0v) is 59.1. The molecule has 15 aromatic carbocycles. The molecule has 0 atom stereocenters. The topological polar surface area (TPSA) is 81.1 Å². The van der Waals surface area contributed by atoms with Crippen molar-refractivity contribution < 1.29 is 31.0 Å². The van der Waals surface area contributed by atoms with Gasteiger partial charge in [-0.2, -0.15) is 0 Å². The van der Waals surface area contributed by atoms with Crippen molar-refractivity contribution in [3.05, 3.63) is 345 Å². The first-order chi connectivity index (χ1) is 51.0. The number of aromatic amines is 1. The molecule has 0 unspecified atom stereocenters. The van der Waals surface area contributed by atoms with E-state index in [-0.39, 0.29) is 43.7 Å². The van der Waals surface area contributed by atoms with Gasteiger partial charge in [0.25, 0.3) is 0 Å². The van der Waals surface area contributed by atoms with Gasteiger partial charge in [0.2, 0.25) is 11.2 Å². The van der Waals surface area contributed by atoms with Crippen molar-refractivity contribution in [3.63, 3.8) is 0 Å². The Bertz CT molecular complexity index is 7160. The molecule has 8 nitrogen and oxygen atoms in total. The van der Waals surface area contributed by atoms with Gasteiger partial charge in [-0.1, -0.05) is 250 Å². The van der Waals surface area contributed by atoms with Gasteiger partial charge in [-0.05, 0) is 142 Å². The smallest absolute Gasteiger partial charge is 1.00 e. The zero-order valence-electron chi connectivity index (χ0n) is 57.3. The molecule has 490 valence electrons. The summed E-state index contributed by atoms with van der Waals surface area (Å²) in [6, 6.07) is 121. The predicted molar refractivity (Wildman–Crippen MR) is 439 cm³/mol. The Morgan fingerprint density at radius 3 is 1.12 bits per heavy atom. The number of hydrogen-bond donors (Lipinski definition) is 1. The van der Waals surface area contributed by atoms with Crippen molar-refractivity contribution in [1.82, 2.24) is 38.3 Å². The Labute approximate surface area is 631 Å². The number of H-pyrrole nitrogens is 1. The number of halogens is 1. The number of rotatable bonds is 6. The molecule has 0 aliphatic carbocycles. The Morgan fingerprint density at radius 2 is 0.590 bits per heavy atom. The number of hydrogen-bond acceptors (Lipinski definition) is 4. The Balaban J connectivity index is 0.000000129. The quantitative estimate of drug-likeness (QED) is 0.133. The van der Waals surface area contributed by atoms with Gasteiger partial charge in [0, 0.05) is 97.6 Å². The monoisotopic (exact) mass is 1370 g/mol. The van der Waals surface area contributed by atoms with Crippen LogP contribution < -0.4 is 29.6 Å². The van der Waals surface area contributed by atoms with Crippen LogP contribution in [-0.2, 0) is 0 Å². The second-order valence-electron chi connectivity index (χ2n) is 26.7. The molecule has 0 bridgehead atoms. The van der Waals surface area contributed by atoms with Crippen LogP contribution >= 0.6 is 11.6 Å². The van der Waals surface area contributed by atoms with Crippen molar-refractivity contribution in [2.75, 3.05) is 0 Å². The van der Waals surface area contributed by atoms with E-state index in [9.17, 15) is 0 Å². The molecule has 23 rings (SSSR count). The van der Waals surface area contributed by atoms with E-state index in [1.807, 2.05) is 54.6 Å². The summed E-state index contributed by atoms with van der Waals surface area (Å²) in [7, 11) is 0. The van der Waals surface area contributed by atoms with Crippen LogP contribution in [0.3, 0.4) is 0 Å². The van der Waals surface area contributed by atoms with Gasteiger partial charge in [0.05, 0.1) is 66.6 Å². The third-order valence-corrected chi connectivity index (χ3v) is 21.1. The number of nitrogens with zero attached hydrogens (tertiary/aromatic N) is 7. The number of fused-ring (bicyclic) bond motifs is 20. The maximum Gasteiger partial charge on any atom is 1.00 e. The van der Waals surface area contributed by atoms with Crippen LogP contribution in [0.25, 0.3) is 203 Å². The maximum atomic E-state index is 5.95. The van der Waals surface area contributed by atoms with Gasteiger partial charge >= 0.3 is 29.6 Å². The molecule has 10 heteroatoms. The summed E-state index contributed by atoms with van der Waals surface area (Å²) in [4.78, 5) is 22.6. The molecule has 8 heterocycles. The normalized spacial score (nSPS) is 11.7. The first-order valence-corrected chi connectivity index (χ1v) is 35.2. The molecular weight excluding hydrogens is 1310 g/mol. The van der Waals surface area contributed by atoms with Crippen LogP contribution in [0.1, 0.15) is 8.85 Å². The average molecular weight is 1370 g/mol. The van der Waals surface area contributed by atoms with Crippen LogP contribution in [0.15, 0.2) is 340 Å². The predicted octanol–water partition coefficient (Wildman–Crippen LogP) is 22.7. The van der Waals surface area contributed by atoms with E-state index in [0.717, 1.165) is 55.4 Å². The molecular formula is C95H62ClN8Na. The van der Waals surface area contributed by atoms with Gasteiger partial charge in [0.1, 0.15) is 0 Å². The Kier molecular flexibility index (Phi) is 15.4. The van der Waals surface area contributed by atoms with Gasteiger partial charge in [-0.25, -0.2) is 19.9 Å². The fraction of sp³-hybridized carbons (Fsp3) is 0.0105. The first kappa shape index (κ1) is 63.4. The van der Waals surface area contributed by atoms with E-state index >= 15 is 0 Å². The van der Waals surface area contributed by atoms with Crippen LogP contribution in [0.5, 0.6) is 0 Å². The third kappa shape index (κ3) is 10.2.